The van der Waals surface area contributed by atoms with Crippen molar-refractivity contribution in [3.05, 3.63) is 0 Å². The highest BCUT2D eigenvalue weighted by Gasteiger charge is 2.17. The van der Waals surface area contributed by atoms with Crippen LogP contribution in [-0.2, 0) is 19.1 Å². The number of aliphatic carboxylic acids is 1. The molecule has 0 aromatic carbocycles. The van der Waals surface area contributed by atoms with Gasteiger partial charge < -0.3 is 10.2 Å². The molecule has 0 aromatic rings. The van der Waals surface area contributed by atoms with Gasteiger partial charge in [-0.2, -0.15) is 8.42 Å². The lowest BCUT2D eigenvalue weighted by Crippen LogP contribution is -2.23. The van der Waals surface area contributed by atoms with E-state index in [0.717, 1.165) is 7.11 Å². The van der Waals surface area contributed by atoms with Gasteiger partial charge in [-0.3, -0.25) is 4.18 Å². The molecular formula is C5H10O6S. The maximum absolute atomic E-state index is 10.6. The fourth-order valence-corrected chi connectivity index (χ4v) is 1.14. The van der Waals surface area contributed by atoms with E-state index in [0.29, 0.717) is 0 Å². The molecule has 0 heterocycles. The molecule has 7 heteroatoms. The summed E-state index contributed by atoms with van der Waals surface area (Å²) in [6.07, 6.45) is -2.03. The van der Waals surface area contributed by atoms with Crippen molar-refractivity contribution < 1.29 is 27.6 Å². The minimum Gasteiger partial charge on any atom is -0.479 e. The summed E-state index contributed by atoms with van der Waals surface area (Å²) in [5.41, 5.74) is 0. The van der Waals surface area contributed by atoms with E-state index >= 15 is 0 Å². The summed E-state index contributed by atoms with van der Waals surface area (Å²) in [7, 11) is -2.70. The highest BCUT2D eigenvalue weighted by atomic mass is 32.2. The minimum absolute atomic E-state index is 0.370. The fourth-order valence-electron chi connectivity index (χ4n) is 0.463. The van der Waals surface area contributed by atoms with Crippen molar-refractivity contribution in [3.63, 3.8) is 0 Å². The second-order valence-electron chi connectivity index (χ2n) is 2.07. The van der Waals surface area contributed by atoms with Crippen LogP contribution in [-0.4, -0.2) is 43.6 Å². The SMILES string of the molecule is COS(=O)(=O)CCC(O)C(=O)O. The van der Waals surface area contributed by atoms with E-state index in [2.05, 4.69) is 4.18 Å². The monoisotopic (exact) mass is 198 g/mol. The van der Waals surface area contributed by atoms with E-state index in [9.17, 15) is 13.2 Å². The van der Waals surface area contributed by atoms with Crippen molar-refractivity contribution in [1.82, 2.24) is 0 Å². The molecule has 0 aliphatic heterocycles. The summed E-state index contributed by atoms with van der Waals surface area (Å²) >= 11 is 0. The molecule has 0 rings (SSSR count). The lowest BCUT2D eigenvalue weighted by molar-refractivity contribution is -0.146. The van der Waals surface area contributed by atoms with E-state index in [4.69, 9.17) is 10.2 Å². The van der Waals surface area contributed by atoms with Crippen LogP contribution in [0.5, 0.6) is 0 Å². The molecule has 0 spiro atoms. The molecule has 0 aliphatic carbocycles. The number of hydrogen-bond acceptors (Lipinski definition) is 5. The topological polar surface area (TPSA) is 101 Å². The molecule has 0 saturated carbocycles. The second-order valence-corrected chi connectivity index (χ2v) is 3.93. The zero-order chi connectivity index (χ0) is 9.78. The van der Waals surface area contributed by atoms with Crippen LogP contribution in [0.3, 0.4) is 0 Å². The van der Waals surface area contributed by atoms with Crippen molar-refractivity contribution in [3.8, 4) is 0 Å². The van der Waals surface area contributed by atoms with Gasteiger partial charge in [-0.25, -0.2) is 4.79 Å². The normalized spacial score (nSPS) is 14.2. The molecule has 0 bridgehead atoms. The van der Waals surface area contributed by atoms with Gasteiger partial charge in [0.1, 0.15) is 0 Å². The third-order valence-electron chi connectivity index (χ3n) is 1.18. The largest absolute Gasteiger partial charge is 0.479 e. The zero-order valence-electron chi connectivity index (χ0n) is 6.43. The maximum Gasteiger partial charge on any atom is 0.332 e. The van der Waals surface area contributed by atoms with Crippen molar-refractivity contribution in [2.24, 2.45) is 0 Å². The number of aliphatic hydroxyl groups is 1. The smallest absolute Gasteiger partial charge is 0.332 e. The van der Waals surface area contributed by atoms with Gasteiger partial charge >= 0.3 is 5.97 Å². The average Bonchev–Trinajstić information content (AvgIpc) is 2.00. The van der Waals surface area contributed by atoms with Crippen molar-refractivity contribution >= 4 is 16.1 Å². The van der Waals surface area contributed by atoms with Crippen LogP contribution < -0.4 is 0 Å². The third kappa shape index (κ3) is 4.27. The van der Waals surface area contributed by atoms with Gasteiger partial charge in [-0.05, 0) is 0 Å². The number of carbonyl (C=O) groups is 1. The Morgan fingerprint density at radius 1 is 1.58 bits per heavy atom. The molecule has 0 fully saturated rings. The first-order chi connectivity index (χ1) is 5.39. The van der Waals surface area contributed by atoms with Crippen LogP contribution >= 0.6 is 0 Å². The Morgan fingerprint density at radius 2 is 2.08 bits per heavy atom. The predicted octanol–water partition coefficient (Wildman–Crippen LogP) is -1.20. The number of hydrogen-bond donors (Lipinski definition) is 2. The Hall–Kier alpha value is -0.660. The standard InChI is InChI=1S/C5H10O6S/c1-11-12(9,10)3-2-4(6)5(7)8/h4,6H,2-3H2,1H3,(H,7,8). The number of carboxylic acids is 1. The molecule has 2 N–H and O–H groups in total. The zero-order valence-corrected chi connectivity index (χ0v) is 7.24. The van der Waals surface area contributed by atoms with E-state index in [1.165, 1.54) is 0 Å². The highest BCUT2D eigenvalue weighted by molar-refractivity contribution is 7.86. The summed E-state index contributed by atoms with van der Waals surface area (Å²) in [5, 5.41) is 16.8. The number of carboxylic acid groups (broad SMARTS) is 1. The van der Waals surface area contributed by atoms with Crippen molar-refractivity contribution in [2.45, 2.75) is 12.5 Å². The Kier molecular flexibility index (Phi) is 4.15. The van der Waals surface area contributed by atoms with Crippen LogP contribution in [0.1, 0.15) is 6.42 Å². The Bertz CT molecular complexity index is 243. The van der Waals surface area contributed by atoms with Crippen molar-refractivity contribution in [1.29, 1.82) is 0 Å². The molecule has 1 unspecified atom stereocenters. The summed E-state index contributed by atoms with van der Waals surface area (Å²) in [4.78, 5) is 10.0. The van der Waals surface area contributed by atoms with E-state index < -0.39 is 27.9 Å². The molecule has 12 heavy (non-hydrogen) atoms. The summed E-state index contributed by atoms with van der Waals surface area (Å²) in [6, 6.07) is 0. The van der Waals surface area contributed by atoms with E-state index in [1.54, 1.807) is 0 Å². The lowest BCUT2D eigenvalue weighted by atomic mass is 10.3. The van der Waals surface area contributed by atoms with E-state index in [-0.39, 0.29) is 6.42 Å². The highest BCUT2D eigenvalue weighted by Crippen LogP contribution is 1.98. The Balaban J connectivity index is 3.92. The second kappa shape index (κ2) is 4.39. The molecule has 72 valence electrons. The van der Waals surface area contributed by atoms with Crippen LogP contribution in [0, 0.1) is 0 Å². The molecule has 0 saturated heterocycles. The van der Waals surface area contributed by atoms with Gasteiger partial charge in [-0.1, -0.05) is 0 Å². The first-order valence-electron chi connectivity index (χ1n) is 3.08. The number of aliphatic hydroxyl groups excluding tert-OH is 1. The molecule has 1 atom stereocenters. The van der Waals surface area contributed by atoms with Gasteiger partial charge in [0, 0.05) is 6.42 Å². The summed E-state index contributed by atoms with van der Waals surface area (Å²) in [6.45, 7) is 0. The van der Waals surface area contributed by atoms with Gasteiger partial charge in [0.15, 0.2) is 6.10 Å². The third-order valence-corrected chi connectivity index (χ3v) is 2.42. The lowest BCUT2D eigenvalue weighted by Gasteiger charge is -2.03. The van der Waals surface area contributed by atoms with Crippen molar-refractivity contribution in [2.75, 3.05) is 12.9 Å². The average molecular weight is 198 g/mol. The quantitative estimate of drug-likeness (QED) is 0.538. The van der Waals surface area contributed by atoms with Crippen LogP contribution in [0.15, 0.2) is 0 Å². The van der Waals surface area contributed by atoms with Crippen LogP contribution in [0.2, 0.25) is 0 Å². The Labute approximate surface area is 69.9 Å². The first-order valence-corrected chi connectivity index (χ1v) is 4.66. The summed E-state index contributed by atoms with van der Waals surface area (Å²) < 4.78 is 25.2. The predicted molar refractivity (Wildman–Crippen MR) is 39.1 cm³/mol. The fraction of sp³-hybridized carbons (Fsp3) is 0.800. The molecule has 6 nitrogen and oxygen atoms in total. The molecule has 0 amide bonds. The summed E-state index contributed by atoms with van der Waals surface area (Å²) in [5.74, 6) is -1.95. The van der Waals surface area contributed by atoms with Gasteiger partial charge in [0.05, 0.1) is 12.9 Å². The van der Waals surface area contributed by atoms with Gasteiger partial charge in [0.2, 0.25) is 0 Å². The number of rotatable bonds is 5. The minimum atomic E-state index is -3.67. The molecule has 0 radical (unpaired) electrons. The van der Waals surface area contributed by atoms with Crippen LogP contribution in [0.4, 0.5) is 0 Å². The van der Waals surface area contributed by atoms with Gasteiger partial charge in [-0.15, -0.1) is 0 Å². The molecule has 0 aliphatic rings. The maximum atomic E-state index is 10.6. The molecular weight excluding hydrogens is 188 g/mol. The molecule has 0 aromatic heterocycles. The Morgan fingerprint density at radius 3 is 2.42 bits per heavy atom. The first kappa shape index (κ1) is 11.3. The van der Waals surface area contributed by atoms with E-state index in [1.807, 2.05) is 0 Å². The van der Waals surface area contributed by atoms with Gasteiger partial charge in [0.25, 0.3) is 10.1 Å². The van der Waals surface area contributed by atoms with Crippen LogP contribution in [0.25, 0.3) is 0 Å².